The number of pyridine rings is 1. The minimum Gasteiger partial charge on any atom is -0.477 e. The van der Waals surface area contributed by atoms with Crippen molar-refractivity contribution in [1.29, 1.82) is 0 Å². The number of carbonyl (C=O) groups excluding carboxylic acids is 2. The van der Waals surface area contributed by atoms with Crippen LogP contribution in [0, 0.1) is 5.41 Å². The molecule has 0 bridgehead atoms. The van der Waals surface area contributed by atoms with Gasteiger partial charge in [-0.3, -0.25) is 10.1 Å². The quantitative estimate of drug-likeness (QED) is 0.609. The van der Waals surface area contributed by atoms with Gasteiger partial charge in [0.1, 0.15) is 5.00 Å². The first-order chi connectivity index (χ1) is 13.7. The van der Waals surface area contributed by atoms with E-state index in [0.29, 0.717) is 17.5 Å². The lowest BCUT2D eigenvalue weighted by Gasteiger charge is -2.29. The highest BCUT2D eigenvalue weighted by Gasteiger charge is 2.25. The Bertz CT molecular complexity index is 873. The van der Waals surface area contributed by atoms with Crippen LogP contribution in [0.15, 0.2) is 24.4 Å². The van der Waals surface area contributed by atoms with Crippen molar-refractivity contribution in [3.8, 4) is 16.3 Å². The van der Waals surface area contributed by atoms with E-state index in [2.05, 4.69) is 29.0 Å². The highest BCUT2D eigenvalue weighted by Crippen LogP contribution is 2.35. The molecular weight excluding hydrogens is 390 g/mol. The highest BCUT2D eigenvalue weighted by atomic mass is 32.1. The van der Waals surface area contributed by atoms with Crippen LogP contribution < -0.4 is 21.5 Å². The van der Waals surface area contributed by atoms with E-state index in [4.69, 9.17) is 16.2 Å². The Hall–Kier alpha value is -2.65. The first-order valence-electron chi connectivity index (χ1n) is 9.55. The molecule has 29 heavy (non-hydrogen) atoms. The van der Waals surface area contributed by atoms with Crippen LogP contribution in [0.5, 0.6) is 5.88 Å². The van der Waals surface area contributed by atoms with Gasteiger partial charge in [-0.2, -0.15) is 0 Å². The number of aromatic nitrogens is 1. The standard InChI is InChI=1S/C20H27N5O3S/c1-20(2,11-25-7-3-4-8-25)12-28-16-6-5-13(10-23-16)15-9-14(17(21)26)18(29-15)24-19(22)27/h5-6,9-10H,3-4,7-8,11-12H2,1-2H3,(H2,21,26)(H3,22,24,27). The van der Waals surface area contributed by atoms with Crippen LogP contribution in [0.3, 0.4) is 0 Å². The van der Waals surface area contributed by atoms with Gasteiger partial charge in [0.15, 0.2) is 0 Å². The van der Waals surface area contributed by atoms with Gasteiger partial charge < -0.3 is 21.1 Å². The summed E-state index contributed by atoms with van der Waals surface area (Å²) in [4.78, 5) is 30.3. The minimum atomic E-state index is -0.751. The van der Waals surface area contributed by atoms with Crippen molar-refractivity contribution in [3.05, 3.63) is 30.0 Å². The topological polar surface area (TPSA) is 124 Å². The molecule has 9 heteroatoms. The molecule has 3 heterocycles. The van der Waals surface area contributed by atoms with E-state index in [0.717, 1.165) is 30.1 Å². The molecule has 0 unspecified atom stereocenters. The number of thiophene rings is 1. The molecule has 2 aromatic rings. The first-order valence-corrected chi connectivity index (χ1v) is 10.4. The zero-order chi connectivity index (χ0) is 21.0. The summed E-state index contributed by atoms with van der Waals surface area (Å²) in [5.74, 6) is -0.0881. The number of anilines is 1. The van der Waals surface area contributed by atoms with Crippen molar-refractivity contribution in [1.82, 2.24) is 9.88 Å². The Morgan fingerprint density at radius 2 is 2.00 bits per heavy atom. The number of nitrogens with two attached hydrogens (primary N) is 2. The summed E-state index contributed by atoms with van der Waals surface area (Å²) in [6, 6.07) is 4.53. The molecule has 1 aliphatic heterocycles. The van der Waals surface area contributed by atoms with Crippen molar-refractivity contribution in [2.75, 3.05) is 31.6 Å². The maximum atomic E-state index is 11.6. The Morgan fingerprint density at radius 3 is 2.59 bits per heavy atom. The lowest BCUT2D eigenvalue weighted by atomic mass is 9.94. The van der Waals surface area contributed by atoms with Crippen molar-refractivity contribution in [2.45, 2.75) is 26.7 Å². The van der Waals surface area contributed by atoms with Gasteiger partial charge in [0.25, 0.3) is 5.91 Å². The van der Waals surface area contributed by atoms with Crippen LogP contribution in [0.4, 0.5) is 9.80 Å². The molecule has 0 atom stereocenters. The number of urea groups is 1. The van der Waals surface area contributed by atoms with Gasteiger partial charge in [-0.25, -0.2) is 9.78 Å². The van der Waals surface area contributed by atoms with Crippen molar-refractivity contribution in [3.63, 3.8) is 0 Å². The van der Waals surface area contributed by atoms with Crippen molar-refractivity contribution >= 4 is 28.3 Å². The molecule has 2 aromatic heterocycles. The maximum Gasteiger partial charge on any atom is 0.317 e. The smallest absolute Gasteiger partial charge is 0.317 e. The van der Waals surface area contributed by atoms with Gasteiger partial charge in [0, 0.05) is 34.7 Å². The molecule has 1 fully saturated rings. The van der Waals surface area contributed by atoms with E-state index in [-0.39, 0.29) is 11.0 Å². The third-order valence-corrected chi connectivity index (χ3v) is 5.82. The molecule has 0 aliphatic carbocycles. The van der Waals surface area contributed by atoms with E-state index in [1.807, 2.05) is 6.07 Å². The Balaban J connectivity index is 1.65. The third-order valence-electron chi connectivity index (χ3n) is 4.72. The van der Waals surface area contributed by atoms with Crippen LogP contribution in [0.2, 0.25) is 0 Å². The molecule has 1 saturated heterocycles. The lowest BCUT2D eigenvalue weighted by Crippen LogP contribution is -2.36. The normalized spacial score (nSPS) is 14.7. The van der Waals surface area contributed by atoms with Crippen LogP contribution >= 0.6 is 11.3 Å². The molecule has 8 nitrogen and oxygen atoms in total. The van der Waals surface area contributed by atoms with Gasteiger partial charge in [-0.1, -0.05) is 13.8 Å². The number of amides is 3. The molecule has 1 aliphatic rings. The van der Waals surface area contributed by atoms with Gasteiger partial charge >= 0.3 is 6.03 Å². The first kappa shape index (κ1) is 21.1. The van der Waals surface area contributed by atoms with Gasteiger partial charge in [-0.15, -0.1) is 11.3 Å². The van der Waals surface area contributed by atoms with E-state index >= 15 is 0 Å². The number of hydrogen-bond donors (Lipinski definition) is 3. The Labute approximate surface area is 174 Å². The van der Waals surface area contributed by atoms with Crippen LogP contribution in [0.1, 0.15) is 37.0 Å². The largest absolute Gasteiger partial charge is 0.477 e. The molecule has 156 valence electrons. The average molecular weight is 418 g/mol. The Morgan fingerprint density at radius 1 is 1.28 bits per heavy atom. The van der Waals surface area contributed by atoms with E-state index in [1.54, 1.807) is 18.3 Å². The summed E-state index contributed by atoms with van der Waals surface area (Å²) in [6.07, 6.45) is 4.22. The second-order valence-corrected chi connectivity index (χ2v) is 9.08. The molecule has 0 radical (unpaired) electrons. The molecule has 3 amide bonds. The van der Waals surface area contributed by atoms with Crippen molar-refractivity contribution < 1.29 is 14.3 Å². The van der Waals surface area contributed by atoms with Crippen LogP contribution in [0.25, 0.3) is 10.4 Å². The predicted molar refractivity (Wildman–Crippen MR) is 114 cm³/mol. The molecular formula is C20H27N5O3S. The van der Waals surface area contributed by atoms with Crippen LogP contribution in [-0.4, -0.2) is 48.1 Å². The van der Waals surface area contributed by atoms with E-state index < -0.39 is 11.9 Å². The fraction of sp³-hybridized carbons (Fsp3) is 0.450. The minimum absolute atomic E-state index is 0.0319. The number of nitrogens with one attached hydrogen (secondary N) is 1. The number of carbonyl (C=O) groups is 2. The molecule has 0 spiro atoms. The predicted octanol–water partition coefficient (Wildman–Crippen LogP) is 2.90. The van der Waals surface area contributed by atoms with Crippen molar-refractivity contribution in [2.24, 2.45) is 16.9 Å². The monoisotopic (exact) mass is 417 g/mol. The molecule has 3 rings (SSSR count). The lowest BCUT2D eigenvalue weighted by molar-refractivity contribution is 0.100. The number of primary amides is 2. The van der Waals surface area contributed by atoms with Crippen LogP contribution in [-0.2, 0) is 0 Å². The second-order valence-electron chi connectivity index (χ2n) is 8.03. The van der Waals surface area contributed by atoms with Gasteiger partial charge in [-0.05, 0) is 38.1 Å². The number of ether oxygens (including phenoxy) is 1. The fourth-order valence-corrected chi connectivity index (χ4v) is 4.45. The highest BCUT2D eigenvalue weighted by molar-refractivity contribution is 7.20. The summed E-state index contributed by atoms with van der Waals surface area (Å²) in [5, 5.41) is 2.75. The Kier molecular flexibility index (Phi) is 6.39. The number of hydrogen-bond acceptors (Lipinski definition) is 6. The number of likely N-dealkylation sites (tertiary alicyclic amines) is 1. The zero-order valence-corrected chi connectivity index (χ0v) is 17.6. The van der Waals surface area contributed by atoms with E-state index in [9.17, 15) is 9.59 Å². The summed E-state index contributed by atoms with van der Waals surface area (Å²) in [7, 11) is 0. The maximum absolute atomic E-state index is 11.6. The summed E-state index contributed by atoms with van der Waals surface area (Å²) < 4.78 is 5.91. The summed E-state index contributed by atoms with van der Waals surface area (Å²) in [5.41, 5.74) is 11.6. The SMILES string of the molecule is CC(C)(COc1ccc(-c2cc(C(N)=O)c(NC(N)=O)s2)cn1)CN1CCCC1. The number of rotatable bonds is 8. The third kappa shape index (κ3) is 5.68. The zero-order valence-electron chi connectivity index (χ0n) is 16.7. The average Bonchev–Trinajstić information content (AvgIpc) is 3.29. The summed E-state index contributed by atoms with van der Waals surface area (Å²) in [6.45, 7) is 8.31. The molecule has 0 aromatic carbocycles. The summed E-state index contributed by atoms with van der Waals surface area (Å²) >= 11 is 1.21. The number of nitrogens with zero attached hydrogens (tertiary/aromatic N) is 2. The second kappa shape index (κ2) is 8.79. The van der Waals surface area contributed by atoms with Gasteiger partial charge in [0.05, 0.1) is 12.2 Å². The van der Waals surface area contributed by atoms with E-state index in [1.165, 1.54) is 24.2 Å². The molecule has 5 N–H and O–H groups in total. The molecule has 0 saturated carbocycles. The fourth-order valence-electron chi connectivity index (χ4n) is 3.39. The van der Waals surface area contributed by atoms with Gasteiger partial charge in [0.2, 0.25) is 5.88 Å².